The van der Waals surface area contributed by atoms with E-state index in [0.29, 0.717) is 11.5 Å². The van der Waals surface area contributed by atoms with Gasteiger partial charge in [0.2, 0.25) is 5.91 Å². The molecular formula is C24H32N2O5. The summed E-state index contributed by atoms with van der Waals surface area (Å²) in [6, 6.07) is 13.8. The lowest BCUT2D eigenvalue weighted by Gasteiger charge is -2.31. The van der Waals surface area contributed by atoms with E-state index < -0.39 is 11.6 Å². The van der Waals surface area contributed by atoms with Gasteiger partial charge in [0.05, 0.1) is 14.2 Å². The van der Waals surface area contributed by atoms with Crippen molar-refractivity contribution in [3.8, 4) is 17.2 Å². The molecule has 0 heterocycles. The fraction of sp³-hybridized carbons (Fsp3) is 0.417. The molecule has 0 aromatic heterocycles. The van der Waals surface area contributed by atoms with Crippen LogP contribution >= 0.6 is 0 Å². The number of benzene rings is 2. The molecule has 7 heteroatoms. The summed E-state index contributed by atoms with van der Waals surface area (Å²) in [7, 11) is 3.14. The molecule has 0 saturated carbocycles. The van der Waals surface area contributed by atoms with E-state index in [1.54, 1.807) is 39.3 Å². The predicted molar refractivity (Wildman–Crippen MR) is 119 cm³/mol. The number of hydrogen-bond donors (Lipinski definition) is 1. The van der Waals surface area contributed by atoms with Crippen molar-refractivity contribution in [3.05, 3.63) is 54.1 Å². The second kappa shape index (κ2) is 10.7. The Labute approximate surface area is 184 Å². The summed E-state index contributed by atoms with van der Waals surface area (Å²) < 4.78 is 16.2. The summed E-state index contributed by atoms with van der Waals surface area (Å²) in [6.07, 6.45) is 0. The maximum Gasteiger partial charge on any atom is 0.261 e. The van der Waals surface area contributed by atoms with Crippen LogP contribution in [-0.2, 0) is 16.1 Å². The van der Waals surface area contributed by atoms with Gasteiger partial charge in [0.25, 0.3) is 5.91 Å². The summed E-state index contributed by atoms with van der Waals surface area (Å²) >= 11 is 0. The van der Waals surface area contributed by atoms with Gasteiger partial charge in [-0.2, -0.15) is 0 Å². The molecule has 7 nitrogen and oxygen atoms in total. The first-order chi connectivity index (χ1) is 14.6. The van der Waals surface area contributed by atoms with E-state index in [-0.39, 0.29) is 25.0 Å². The smallest absolute Gasteiger partial charge is 0.261 e. The molecule has 2 rings (SSSR count). The fourth-order valence-electron chi connectivity index (χ4n) is 2.94. The molecule has 168 valence electrons. The number of hydrogen-bond acceptors (Lipinski definition) is 5. The summed E-state index contributed by atoms with van der Waals surface area (Å²) in [5.41, 5.74) is 0.468. The number of carbonyl (C=O) groups excluding carboxylic acids is 2. The van der Waals surface area contributed by atoms with Crippen LogP contribution in [-0.4, -0.2) is 49.1 Å². The van der Waals surface area contributed by atoms with E-state index in [1.807, 2.05) is 51.1 Å². The van der Waals surface area contributed by atoms with Crippen molar-refractivity contribution in [2.75, 3.05) is 20.8 Å². The topological polar surface area (TPSA) is 77.1 Å². The Kier molecular flexibility index (Phi) is 8.30. The first-order valence-electron chi connectivity index (χ1n) is 10.1. The third-order valence-electron chi connectivity index (χ3n) is 4.60. The maximum absolute atomic E-state index is 13.1. The lowest BCUT2D eigenvalue weighted by Crippen LogP contribution is -2.53. The van der Waals surface area contributed by atoms with Crippen molar-refractivity contribution in [2.45, 2.75) is 45.8 Å². The molecule has 0 saturated heterocycles. The summed E-state index contributed by atoms with van der Waals surface area (Å²) in [4.78, 5) is 27.4. The van der Waals surface area contributed by atoms with E-state index in [2.05, 4.69) is 5.32 Å². The molecule has 1 N–H and O–H groups in total. The van der Waals surface area contributed by atoms with Gasteiger partial charge >= 0.3 is 0 Å². The maximum atomic E-state index is 13.1. The van der Waals surface area contributed by atoms with Gasteiger partial charge in [-0.3, -0.25) is 9.59 Å². The van der Waals surface area contributed by atoms with Crippen molar-refractivity contribution >= 4 is 11.8 Å². The SMILES string of the molecule is COc1ccc(CN(C(=O)COc2ccccc2OC)[C@@H](C)C(=O)NC(C)(C)C)cc1. The quantitative estimate of drug-likeness (QED) is 0.662. The Morgan fingerprint density at radius 2 is 1.58 bits per heavy atom. The molecule has 0 aliphatic rings. The Morgan fingerprint density at radius 3 is 2.13 bits per heavy atom. The van der Waals surface area contributed by atoms with Crippen LogP contribution in [0.4, 0.5) is 0 Å². The largest absolute Gasteiger partial charge is 0.497 e. The van der Waals surface area contributed by atoms with E-state index in [4.69, 9.17) is 14.2 Å². The number of ether oxygens (including phenoxy) is 3. The average Bonchev–Trinajstić information content (AvgIpc) is 2.74. The summed E-state index contributed by atoms with van der Waals surface area (Å²) in [5.74, 6) is 1.19. The average molecular weight is 429 g/mol. The Morgan fingerprint density at radius 1 is 0.968 bits per heavy atom. The number of nitrogens with one attached hydrogen (secondary N) is 1. The van der Waals surface area contributed by atoms with Crippen molar-refractivity contribution in [2.24, 2.45) is 0 Å². The fourth-order valence-corrected chi connectivity index (χ4v) is 2.94. The highest BCUT2D eigenvalue weighted by Gasteiger charge is 2.28. The molecule has 31 heavy (non-hydrogen) atoms. The monoisotopic (exact) mass is 428 g/mol. The zero-order valence-electron chi connectivity index (χ0n) is 19.1. The molecule has 1 atom stereocenters. The highest BCUT2D eigenvalue weighted by Crippen LogP contribution is 2.26. The van der Waals surface area contributed by atoms with E-state index >= 15 is 0 Å². The molecule has 0 radical (unpaired) electrons. The molecule has 2 aromatic carbocycles. The summed E-state index contributed by atoms with van der Waals surface area (Å²) in [5, 5.41) is 2.94. The van der Waals surface area contributed by atoms with Crippen LogP contribution in [0.5, 0.6) is 17.2 Å². The zero-order valence-corrected chi connectivity index (χ0v) is 19.1. The standard InChI is InChI=1S/C24H32N2O5/c1-17(23(28)25-24(2,3)4)26(15-18-11-13-19(29-5)14-12-18)22(27)16-31-21-10-8-7-9-20(21)30-6/h7-14,17H,15-16H2,1-6H3,(H,25,28)/t17-/m0/s1. The molecule has 0 spiro atoms. The molecule has 0 aliphatic carbocycles. The van der Waals surface area contributed by atoms with Crippen molar-refractivity contribution < 1.29 is 23.8 Å². The highest BCUT2D eigenvalue weighted by atomic mass is 16.5. The second-order valence-corrected chi connectivity index (χ2v) is 8.22. The molecule has 2 aromatic rings. The van der Waals surface area contributed by atoms with Gasteiger partial charge in [0, 0.05) is 12.1 Å². The first-order valence-corrected chi connectivity index (χ1v) is 10.1. The van der Waals surface area contributed by atoms with E-state index in [9.17, 15) is 9.59 Å². The number of rotatable bonds is 9. The van der Waals surface area contributed by atoms with E-state index in [0.717, 1.165) is 11.3 Å². The zero-order chi connectivity index (χ0) is 23.0. The van der Waals surface area contributed by atoms with Crippen molar-refractivity contribution in [1.82, 2.24) is 10.2 Å². The van der Waals surface area contributed by atoms with E-state index in [1.165, 1.54) is 4.90 Å². The van der Waals surface area contributed by atoms with Gasteiger partial charge in [-0.05, 0) is 57.5 Å². The molecule has 0 unspecified atom stereocenters. The third-order valence-corrected chi connectivity index (χ3v) is 4.60. The van der Waals surface area contributed by atoms with Gasteiger partial charge in [-0.15, -0.1) is 0 Å². The Bertz CT molecular complexity index is 874. The molecule has 0 fully saturated rings. The van der Waals surface area contributed by atoms with Gasteiger partial charge in [-0.1, -0.05) is 24.3 Å². The minimum Gasteiger partial charge on any atom is -0.497 e. The number of para-hydroxylation sites is 2. The van der Waals surface area contributed by atoms with Crippen LogP contribution in [0.15, 0.2) is 48.5 Å². The summed E-state index contributed by atoms with van der Waals surface area (Å²) in [6.45, 7) is 7.46. The van der Waals surface area contributed by atoms with Crippen LogP contribution in [0.1, 0.15) is 33.3 Å². The normalized spacial score (nSPS) is 11.9. The minimum atomic E-state index is -0.685. The molecule has 2 amide bonds. The van der Waals surface area contributed by atoms with Gasteiger partial charge in [0.1, 0.15) is 11.8 Å². The molecule has 0 aliphatic heterocycles. The Balaban J connectivity index is 2.20. The lowest BCUT2D eigenvalue weighted by molar-refractivity contribution is -0.142. The second-order valence-electron chi connectivity index (χ2n) is 8.22. The lowest BCUT2D eigenvalue weighted by atomic mass is 10.1. The Hall–Kier alpha value is -3.22. The van der Waals surface area contributed by atoms with Crippen molar-refractivity contribution in [3.63, 3.8) is 0 Å². The van der Waals surface area contributed by atoms with Crippen LogP contribution in [0.25, 0.3) is 0 Å². The van der Waals surface area contributed by atoms with Gasteiger partial charge < -0.3 is 24.4 Å². The molecule has 0 bridgehead atoms. The minimum absolute atomic E-state index is 0.219. The van der Waals surface area contributed by atoms with Crippen LogP contribution in [0, 0.1) is 0 Å². The van der Waals surface area contributed by atoms with Gasteiger partial charge in [0.15, 0.2) is 18.1 Å². The first kappa shape index (κ1) is 24.1. The number of methoxy groups -OCH3 is 2. The number of carbonyl (C=O) groups is 2. The van der Waals surface area contributed by atoms with Crippen LogP contribution in [0.3, 0.4) is 0 Å². The van der Waals surface area contributed by atoms with Crippen molar-refractivity contribution in [1.29, 1.82) is 0 Å². The predicted octanol–water partition coefficient (Wildman–Crippen LogP) is 3.41. The third kappa shape index (κ3) is 7.20. The van der Waals surface area contributed by atoms with Crippen LogP contribution < -0.4 is 19.5 Å². The highest BCUT2D eigenvalue weighted by molar-refractivity contribution is 5.88. The van der Waals surface area contributed by atoms with Crippen LogP contribution in [0.2, 0.25) is 0 Å². The van der Waals surface area contributed by atoms with Gasteiger partial charge in [-0.25, -0.2) is 0 Å². The molecular weight excluding hydrogens is 396 g/mol. The number of nitrogens with zero attached hydrogens (tertiary/aromatic N) is 1. The number of amides is 2.